The maximum Gasteiger partial charge on any atom is 0.246 e. The van der Waals surface area contributed by atoms with Gasteiger partial charge in [0.15, 0.2) is 0 Å². The van der Waals surface area contributed by atoms with Crippen LogP contribution in [0.3, 0.4) is 0 Å². The van der Waals surface area contributed by atoms with Crippen LogP contribution in [0.15, 0.2) is 12.4 Å². The summed E-state index contributed by atoms with van der Waals surface area (Å²) in [5.41, 5.74) is 1.57. The van der Waals surface area contributed by atoms with E-state index in [-0.39, 0.29) is 23.9 Å². The Morgan fingerprint density at radius 2 is 2.05 bits per heavy atom. The van der Waals surface area contributed by atoms with Crippen LogP contribution in [0.1, 0.15) is 37.6 Å². The molecule has 0 saturated carbocycles. The standard InChI is InChI=1S/C15H20N4O2/c1-3-12-14(20)18-6-4-5-13(18)15(21)19(12)9-11-8-16-10(2)7-17-11/h7-8,12-13H,3-6,9H2,1-2H3. The lowest BCUT2D eigenvalue weighted by atomic mass is 10.0. The van der Waals surface area contributed by atoms with Crippen molar-refractivity contribution in [2.24, 2.45) is 0 Å². The van der Waals surface area contributed by atoms with Crippen LogP contribution in [0.25, 0.3) is 0 Å². The molecule has 112 valence electrons. The third-order valence-corrected chi connectivity index (χ3v) is 4.32. The van der Waals surface area contributed by atoms with Crippen molar-refractivity contribution in [1.29, 1.82) is 0 Å². The number of hydrogen-bond acceptors (Lipinski definition) is 4. The molecule has 0 aromatic carbocycles. The number of carbonyl (C=O) groups excluding carboxylic acids is 2. The number of nitrogens with zero attached hydrogens (tertiary/aromatic N) is 4. The Bertz CT molecular complexity index is 557. The van der Waals surface area contributed by atoms with Crippen molar-refractivity contribution in [2.75, 3.05) is 6.54 Å². The third-order valence-electron chi connectivity index (χ3n) is 4.32. The van der Waals surface area contributed by atoms with Gasteiger partial charge in [-0.1, -0.05) is 6.92 Å². The van der Waals surface area contributed by atoms with Crippen molar-refractivity contribution in [1.82, 2.24) is 19.8 Å². The van der Waals surface area contributed by atoms with E-state index in [1.54, 1.807) is 22.2 Å². The van der Waals surface area contributed by atoms with Gasteiger partial charge in [0.2, 0.25) is 11.8 Å². The number of amides is 2. The lowest BCUT2D eigenvalue weighted by molar-refractivity contribution is -0.160. The average Bonchev–Trinajstić information content (AvgIpc) is 2.97. The van der Waals surface area contributed by atoms with E-state index >= 15 is 0 Å². The first-order valence-electron chi connectivity index (χ1n) is 7.50. The van der Waals surface area contributed by atoms with Gasteiger partial charge in [0.1, 0.15) is 12.1 Å². The molecule has 0 N–H and O–H groups in total. The summed E-state index contributed by atoms with van der Waals surface area (Å²) in [7, 11) is 0. The zero-order chi connectivity index (χ0) is 15.0. The minimum absolute atomic E-state index is 0.0568. The highest BCUT2D eigenvalue weighted by Crippen LogP contribution is 2.28. The fourth-order valence-corrected chi connectivity index (χ4v) is 3.22. The molecule has 3 rings (SSSR count). The molecular weight excluding hydrogens is 268 g/mol. The van der Waals surface area contributed by atoms with Crippen LogP contribution in [0.2, 0.25) is 0 Å². The smallest absolute Gasteiger partial charge is 0.246 e. The minimum atomic E-state index is -0.366. The molecule has 21 heavy (non-hydrogen) atoms. The lowest BCUT2D eigenvalue weighted by Crippen LogP contribution is -2.62. The first kappa shape index (κ1) is 14.0. The van der Waals surface area contributed by atoms with Crippen molar-refractivity contribution in [3.8, 4) is 0 Å². The first-order chi connectivity index (χ1) is 10.1. The molecule has 2 aliphatic rings. The fourth-order valence-electron chi connectivity index (χ4n) is 3.22. The highest BCUT2D eigenvalue weighted by atomic mass is 16.2. The highest BCUT2D eigenvalue weighted by molar-refractivity contribution is 5.97. The van der Waals surface area contributed by atoms with Crippen LogP contribution in [0, 0.1) is 6.92 Å². The quantitative estimate of drug-likeness (QED) is 0.828. The van der Waals surface area contributed by atoms with Gasteiger partial charge in [-0.2, -0.15) is 0 Å². The Morgan fingerprint density at radius 3 is 2.71 bits per heavy atom. The van der Waals surface area contributed by atoms with Crippen LogP contribution in [-0.4, -0.2) is 50.2 Å². The number of hydrogen-bond donors (Lipinski definition) is 0. The molecule has 6 nitrogen and oxygen atoms in total. The molecule has 0 radical (unpaired) electrons. The Balaban J connectivity index is 1.85. The van der Waals surface area contributed by atoms with Crippen molar-refractivity contribution in [3.05, 3.63) is 23.8 Å². The molecule has 2 fully saturated rings. The zero-order valence-electron chi connectivity index (χ0n) is 12.5. The molecule has 0 bridgehead atoms. The van der Waals surface area contributed by atoms with E-state index in [0.717, 1.165) is 24.2 Å². The normalized spacial score (nSPS) is 25.4. The van der Waals surface area contributed by atoms with E-state index in [1.165, 1.54) is 0 Å². The van der Waals surface area contributed by atoms with Crippen LogP contribution in [0.4, 0.5) is 0 Å². The van der Waals surface area contributed by atoms with Crippen LogP contribution >= 0.6 is 0 Å². The van der Waals surface area contributed by atoms with Crippen LogP contribution in [-0.2, 0) is 16.1 Å². The molecular formula is C15H20N4O2. The van der Waals surface area contributed by atoms with E-state index < -0.39 is 0 Å². The molecule has 2 atom stereocenters. The summed E-state index contributed by atoms with van der Waals surface area (Å²) in [4.78, 5) is 37.2. The van der Waals surface area contributed by atoms with Gasteiger partial charge < -0.3 is 9.80 Å². The monoisotopic (exact) mass is 288 g/mol. The van der Waals surface area contributed by atoms with E-state index in [0.29, 0.717) is 19.5 Å². The summed E-state index contributed by atoms with van der Waals surface area (Å²) in [6.45, 7) is 4.89. The Labute approximate surface area is 124 Å². The van der Waals surface area contributed by atoms with E-state index in [1.807, 2.05) is 13.8 Å². The van der Waals surface area contributed by atoms with Crippen LogP contribution in [0.5, 0.6) is 0 Å². The van der Waals surface area contributed by atoms with Gasteiger partial charge in [0.25, 0.3) is 0 Å². The number of fused-ring (bicyclic) bond motifs is 1. The molecule has 2 aliphatic heterocycles. The maximum atomic E-state index is 12.7. The van der Waals surface area contributed by atoms with Crippen molar-refractivity contribution < 1.29 is 9.59 Å². The van der Waals surface area contributed by atoms with Gasteiger partial charge in [0.05, 0.1) is 24.1 Å². The fraction of sp³-hybridized carbons (Fsp3) is 0.600. The van der Waals surface area contributed by atoms with Gasteiger partial charge in [-0.15, -0.1) is 0 Å². The van der Waals surface area contributed by atoms with E-state index in [9.17, 15) is 9.59 Å². The molecule has 3 heterocycles. The van der Waals surface area contributed by atoms with E-state index in [2.05, 4.69) is 9.97 Å². The van der Waals surface area contributed by atoms with Crippen molar-refractivity contribution in [3.63, 3.8) is 0 Å². The number of aryl methyl sites for hydroxylation is 1. The molecule has 2 unspecified atom stereocenters. The summed E-state index contributed by atoms with van der Waals surface area (Å²) in [5, 5.41) is 0. The largest absolute Gasteiger partial charge is 0.329 e. The second-order valence-electron chi connectivity index (χ2n) is 5.73. The van der Waals surface area contributed by atoms with Gasteiger partial charge in [0, 0.05) is 12.7 Å². The molecule has 2 saturated heterocycles. The number of carbonyl (C=O) groups is 2. The number of rotatable bonds is 3. The third kappa shape index (κ3) is 2.39. The second kappa shape index (κ2) is 5.42. The van der Waals surface area contributed by atoms with Crippen molar-refractivity contribution >= 4 is 11.8 Å². The van der Waals surface area contributed by atoms with Crippen LogP contribution < -0.4 is 0 Å². The first-order valence-corrected chi connectivity index (χ1v) is 7.50. The summed E-state index contributed by atoms with van der Waals surface area (Å²) < 4.78 is 0. The Kier molecular flexibility index (Phi) is 3.61. The number of aromatic nitrogens is 2. The average molecular weight is 288 g/mol. The number of piperazine rings is 1. The van der Waals surface area contributed by atoms with Gasteiger partial charge in [-0.25, -0.2) is 0 Å². The summed E-state index contributed by atoms with van der Waals surface area (Å²) in [6.07, 6.45) is 5.69. The highest BCUT2D eigenvalue weighted by Gasteiger charge is 2.46. The topological polar surface area (TPSA) is 66.4 Å². The second-order valence-corrected chi connectivity index (χ2v) is 5.73. The zero-order valence-corrected chi connectivity index (χ0v) is 12.5. The summed E-state index contributed by atoms with van der Waals surface area (Å²) >= 11 is 0. The molecule has 6 heteroatoms. The Morgan fingerprint density at radius 1 is 1.24 bits per heavy atom. The van der Waals surface area contributed by atoms with Gasteiger partial charge >= 0.3 is 0 Å². The van der Waals surface area contributed by atoms with Gasteiger partial charge in [-0.05, 0) is 26.2 Å². The minimum Gasteiger partial charge on any atom is -0.329 e. The summed E-state index contributed by atoms with van der Waals surface area (Å²) in [6, 6.07) is -0.631. The van der Waals surface area contributed by atoms with Crippen molar-refractivity contribution in [2.45, 2.75) is 51.7 Å². The lowest BCUT2D eigenvalue weighted by Gasteiger charge is -2.41. The SMILES string of the molecule is CCC1C(=O)N2CCCC2C(=O)N1Cc1cnc(C)cn1. The van der Waals surface area contributed by atoms with Gasteiger partial charge in [-0.3, -0.25) is 19.6 Å². The Hall–Kier alpha value is -1.98. The molecule has 0 aliphatic carbocycles. The van der Waals surface area contributed by atoms with E-state index in [4.69, 9.17) is 0 Å². The summed E-state index contributed by atoms with van der Waals surface area (Å²) in [5.74, 6) is 0.140. The molecule has 2 amide bonds. The predicted molar refractivity (Wildman–Crippen MR) is 76.1 cm³/mol. The predicted octanol–water partition coefficient (Wildman–Crippen LogP) is 0.897. The maximum absolute atomic E-state index is 12.7. The molecule has 1 aromatic heterocycles. The molecule has 0 spiro atoms. The molecule has 1 aromatic rings.